The van der Waals surface area contributed by atoms with E-state index in [1.807, 2.05) is 18.2 Å². The van der Waals surface area contributed by atoms with E-state index in [4.69, 9.17) is 19.9 Å². The van der Waals surface area contributed by atoms with Crippen molar-refractivity contribution in [3.05, 3.63) is 53.3 Å². The maximum absolute atomic E-state index is 13.6. The van der Waals surface area contributed by atoms with Gasteiger partial charge in [-0.25, -0.2) is 9.38 Å². The van der Waals surface area contributed by atoms with Crippen molar-refractivity contribution in [2.45, 2.75) is 13.0 Å². The van der Waals surface area contributed by atoms with Crippen molar-refractivity contribution < 1.29 is 18.6 Å². The summed E-state index contributed by atoms with van der Waals surface area (Å²) in [5.74, 6) is 1.48. The monoisotopic (exact) mass is 489 g/mol. The Balaban J connectivity index is 0.00000364. The molecule has 0 bridgehead atoms. The van der Waals surface area contributed by atoms with E-state index in [1.165, 1.54) is 13.2 Å². The van der Waals surface area contributed by atoms with Gasteiger partial charge >= 0.3 is 0 Å². The number of nitrogens with zero attached hydrogens (tertiary/aromatic N) is 1. The summed E-state index contributed by atoms with van der Waals surface area (Å²) in [5.41, 5.74) is 7.66. The number of methoxy groups -OCH3 is 3. The second-order valence-corrected chi connectivity index (χ2v) is 5.54. The number of nitrogens with one attached hydrogen (secondary N) is 1. The highest BCUT2D eigenvalue weighted by Crippen LogP contribution is 2.27. The summed E-state index contributed by atoms with van der Waals surface area (Å²) in [5, 5.41) is 3.04. The van der Waals surface area contributed by atoms with Gasteiger partial charge in [0, 0.05) is 6.54 Å². The molecule has 0 spiro atoms. The Kier molecular flexibility index (Phi) is 9.70. The largest absolute Gasteiger partial charge is 0.494 e. The maximum Gasteiger partial charge on any atom is 0.188 e. The minimum Gasteiger partial charge on any atom is -0.494 e. The average molecular weight is 489 g/mol. The molecule has 6 nitrogen and oxygen atoms in total. The SMILES string of the molecule is COc1ccc(CN=C(N)NCCc2ccc(OC)c(OC)c2)cc1F.I. The molecule has 0 fully saturated rings. The number of aliphatic imine (C=N–C) groups is 1. The Morgan fingerprint density at radius 3 is 2.22 bits per heavy atom. The van der Waals surface area contributed by atoms with Gasteiger partial charge < -0.3 is 25.3 Å². The fraction of sp³-hybridized carbons (Fsp3) is 0.316. The van der Waals surface area contributed by atoms with E-state index in [0.717, 1.165) is 12.0 Å². The molecule has 2 rings (SSSR count). The first-order valence-electron chi connectivity index (χ1n) is 8.14. The normalized spacial score (nSPS) is 10.7. The van der Waals surface area contributed by atoms with Crippen molar-refractivity contribution in [3.8, 4) is 17.2 Å². The van der Waals surface area contributed by atoms with Gasteiger partial charge in [-0.1, -0.05) is 12.1 Å². The van der Waals surface area contributed by atoms with Crippen LogP contribution < -0.4 is 25.3 Å². The lowest BCUT2D eigenvalue weighted by Crippen LogP contribution is -2.33. The minimum atomic E-state index is -0.416. The molecule has 0 aliphatic heterocycles. The van der Waals surface area contributed by atoms with Gasteiger partial charge in [-0.3, -0.25) is 0 Å². The topological polar surface area (TPSA) is 78.1 Å². The van der Waals surface area contributed by atoms with Crippen molar-refractivity contribution in [3.63, 3.8) is 0 Å². The molecule has 0 amide bonds. The third kappa shape index (κ3) is 6.78. The standard InChI is InChI=1S/C19H24FN3O3.HI/c1-24-16-6-5-14(10-15(16)20)12-23-19(21)22-9-8-13-4-7-17(25-2)18(11-13)26-3;/h4-7,10-11H,8-9,12H2,1-3H3,(H3,21,22,23);1H. The second-order valence-electron chi connectivity index (χ2n) is 5.54. The fourth-order valence-electron chi connectivity index (χ4n) is 2.41. The lowest BCUT2D eigenvalue weighted by atomic mass is 10.1. The number of benzene rings is 2. The van der Waals surface area contributed by atoms with Crippen molar-refractivity contribution in [1.29, 1.82) is 0 Å². The number of ether oxygens (including phenoxy) is 3. The molecule has 0 heterocycles. The molecular weight excluding hydrogens is 464 g/mol. The van der Waals surface area contributed by atoms with Crippen LogP contribution >= 0.6 is 24.0 Å². The summed E-state index contributed by atoms with van der Waals surface area (Å²) in [6.07, 6.45) is 0.744. The summed E-state index contributed by atoms with van der Waals surface area (Å²) in [7, 11) is 4.63. The number of hydrogen-bond acceptors (Lipinski definition) is 4. The van der Waals surface area contributed by atoms with E-state index in [0.29, 0.717) is 29.6 Å². The molecule has 0 radical (unpaired) electrons. The van der Waals surface area contributed by atoms with Crippen LogP contribution in [-0.2, 0) is 13.0 Å². The third-order valence-electron chi connectivity index (χ3n) is 3.82. The quantitative estimate of drug-likeness (QED) is 0.339. The van der Waals surface area contributed by atoms with Crippen LogP contribution in [0.25, 0.3) is 0 Å². The molecule has 0 aliphatic carbocycles. The molecule has 3 N–H and O–H groups in total. The van der Waals surface area contributed by atoms with Crippen LogP contribution in [0.4, 0.5) is 4.39 Å². The lowest BCUT2D eigenvalue weighted by molar-refractivity contribution is 0.354. The zero-order valence-electron chi connectivity index (χ0n) is 15.6. The molecule has 0 atom stereocenters. The summed E-state index contributed by atoms with van der Waals surface area (Å²) in [6.45, 7) is 0.901. The molecule has 8 heteroatoms. The highest BCUT2D eigenvalue weighted by molar-refractivity contribution is 14.0. The predicted molar refractivity (Wildman–Crippen MR) is 115 cm³/mol. The zero-order chi connectivity index (χ0) is 18.9. The van der Waals surface area contributed by atoms with E-state index >= 15 is 0 Å². The van der Waals surface area contributed by atoms with E-state index in [1.54, 1.807) is 26.4 Å². The predicted octanol–water partition coefficient (Wildman–Crippen LogP) is 3.12. The van der Waals surface area contributed by atoms with Gasteiger partial charge in [-0.15, -0.1) is 24.0 Å². The molecular formula is C19H25FIN3O3. The van der Waals surface area contributed by atoms with E-state index in [9.17, 15) is 4.39 Å². The van der Waals surface area contributed by atoms with Crippen LogP contribution in [0.5, 0.6) is 17.2 Å². The Labute approximate surface area is 175 Å². The Morgan fingerprint density at radius 1 is 0.963 bits per heavy atom. The average Bonchev–Trinajstić information content (AvgIpc) is 2.66. The van der Waals surface area contributed by atoms with Gasteiger partial charge in [-0.2, -0.15) is 0 Å². The van der Waals surface area contributed by atoms with Crippen LogP contribution in [0.15, 0.2) is 41.4 Å². The first-order chi connectivity index (χ1) is 12.6. The number of rotatable bonds is 8. The molecule has 0 aromatic heterocycles. The van der Waals surface area contributed by atoms with Gasteiger partial charge in [0.25, 0.3) is 0 Å². The van der Waals surface area contributed by atoms with Gasteiger partial charge in [0.05, 0.1) is 27.9 Å². The molecule has 2 aromatic carbocycles. The molecule has 27 heavy (non-hydrogen) atoms. The molecule has 0 unspecified atom stereocenters. The van der Waals surface area contributed by atoms with Gasteiger partial charge in [0.2, 0.25) is 0 Å². The van der Waals surface area contributed by atoms with Gasteiger partial charge in [0.15, 0.2) is 29.0 Å². The summed E-state index contributed by atoms with van der Waals surface area (Å²) in [4.78, 5) is 4.21. The van der Waals surface area contributed by atoms with Gasteiger partial charge in [0.1, 0.15) is 0 Å². The van der Waals surface area contributed by atoms with E-state index in [2.05, 4.69) is 10.3 Å². The molecule has 0 aliphatic rings. The Morgan fingerprint density at radius 2 is 1.59 bits per heavy atom. The number of halogens is 2. The van der Waals surface area contributed by atoms with Crippen LogP contribution in [0.3, 0.4) is 0 Å². The number of hydrogen-bond donors (Lipinski definition) is 2. The highest BCUT2D eigenvalue weighted by Gasteiger charge is 2.05. The Hall–Kier alpha value is -2.23. The van der Waals surface area contributed by atoms with E-state index in [-0.39, 0.29) is 36.3 Å². The second kappa shape index (κ2) is 11.5. The van der Waals surface area contributed by atoms with Crippen LogP contribution in [0.1, 0.15) is 11.1 Å². The van der Waals surface area contributed by atoms with Crippen molar-refractivity contribution >= 4 is 29.9 Å². The van der Waals surface area contributed by atoms with Crippen LogP contribution in [-0.4, -0.2) is 33.8 Å². The number of nitrogens with two attached hydrogens (primary N) is 1. The third-order valence-corrected chi connectivity index (χ3v) is 3.82. The zero-order valence-corrected chi connectivity index (χ0v) is 18.0. The first-order valence-corrected chi connectivity index (χ1v) is 8.14. The smallest absolute Gasteiger partial charge is 0.188 e. The van der Waals surface area contributed by atoms with Crippen molar-refractivity contribution in [1.82, 2.24) is 5.32 Å². The van der Waals surface area contributed by atoms with E-state index < -0.39 is 5.82 Å². The Bertz CT molecular complexity index is 772. The molecule has 0 saturated heterocycles. The summed E-state index contributed by atoms with van der Waals surface area (Å²) in [6, 6.07) is 10.5. The lowest BCUT2D eigenvalue weighted by Gasteiger charge is -2.10. The van der Waals surface area contributed by atoms with Crippen molar-refractivity contribution in [2.75, 3.05) is 27.9 Å². The highest BCUT2D eigenvalue weighted by atomic mass is 127. The fourth-order valence-corrected chi connectivity index (χ4v) is 2.41. The summed E-state index contributed by atoms with van der Waals surface area (Å²) < 4.78 is 29.0. The first kappa shape index (κ1) is 22.8. The molecule has 148 valence electrons. The van der Waals surface area contributed by atoms with Gasteiger partial charge in [-0.05, 0) is 41.8 Å². The van der Waals surface area contributed by atoms with Crippen LogP contribution in [0.2, 0.25) is 0 Å². The van der Waals surface area contributed by atoms with Crippen LogP contribution in [0, 0.1) is 5.82 Å². The molecule has 2 aromatic rings. The molecule has 0 saturated carbocycles. The minimum absolute atomic E-state index is 0. The maximum atomic E-state index is 13.6. The summed E-state index contributed by atoms with van der Waals surface area (Å²) >= 11 is 0. The van der Waals surface area contributed by atoms with Crippen molar-refractivity contribution in [2.24, 2.45) is 10.7 Å². The number of guanidine groups is 1.